The Labute approximate surface area is 423 Å². The Morgan fingerprint density at radius 3 is 2.34 bits per heavy atom. The maximum atomic E-state index is 14.6. The minimum absolute atomic E-state index is 0. The number of cyclic esters (lactones) is 1. The van der Waals surface area contributed by atoms with Crippen molar-refractivity contribution >= 4 is 71.5 Å². The molecule has 406 valence electrons. The summed E-state index contributed by atoms with van der Waals surface area (Å²) in [6, 6.07) is 6.21. The number of fused-ring (bicyclic) bond motifs is 4. The number of esters is 1. The fourth-order valence-corrected chi connectivity index (χ4v) is 8.53. The Hall–Kier alpha value is -7.65. The van der Waals surface area contributed by atoms with Crippen LogP contribution in [0.4, 0.5) is 24.4 Å². The molecule has 2 aromatic carbocycles. The smallest absolute Gasteiger partial charge is 0.404 e. The molecule has 0 fully saturated rings. The van der Waals surface area contributed by atoms with E-state index in [1.165, 1.54) is 26.0 Å². The summed E-state index contributed by atoms with van der Waals surface area (Å²) < 4.78 is 52.7. The van der Waals surface area contributed by atoms with Gasteiger partial charge >= 0.3 is 12.1 Å². The van der Waals surface area contributed by atoms with Gasteiger partial charge in [-0.3, -0.25) is 14.4 Å². The van der Waals surface area contributed by atoms with Crippen LogP contribution in [0.25, 0.3) is 5.57 Å². The Morgan fingerprint density at radius 1 is 1.03 bits per heavy atom. The number of anilines is 2. The number of halogens is 2. The van der Waals surface area contributed by atoms with Gasteiger partial charge in [0.15, 0.2) is 18.4 Å². The van der Waals surface area contributed by atoms with Gasteiger partial charge in [-0.1, -0.05) is 61.5 Å². The van der Waals surface area contributed by atoms with E-state index in [2.05, 4.69) is 30.8 Å². The van der Waals surface area contributed by atoms with Gasteiger partial charge in [0.25, 0.3) is 5.56 Å². The van der Waals surface area contributed by atoms with Gasteiger partial charge in [0.1, 0.15) is 30.8 Å². The number of allylic oxidation sites excluding steroid dienone is 1. The van der Waals surface area contributed by atoms with Crippen molar-refractivity contribution in [2.75, 3.05) is 24.4 Å². The van der Waals surface area contributed by atoms with Crippen LogP contribution in [0.1, 0.15) is 132 Å². The van der Waals surface area contributed by atoms with Crippen LogP contribution in [0.5, 0.6) is 0 Å². The van der Waals surface area contributed by atoms with Crippen molar-refractivity contribution in [3.63, 3.8) is 0 Å². The minimum atomic E-state index is -0.970. The predicted octanol–water partition coefficient (Wildman–Crippen LogP) is 7.23. The maximum Gasteiger partial charge on any atom is 0.404 e. The monoisotopic (exact) mass is 1280 g/mol. The molecule has 3 aliphatic heterocycles. The summed E-state index contributed by atoms with van der Waals surface area (Å²) in [5.74, 6) is 3.25. The van der Waals surface area contributed by atoms with E-state index < -0.39 is 42.1 Å². The predicted molar refractivity (Wildman–Crippen MR) is 275 cm³/mol. The van der Waals surface area contributed by atoms with E-state index in [1.54, 1.807) is 42.7 Å². The van der Waals surface area contributed by atoms with Gasteiger partial charge in [-0.2, -0.15) is 15.9 Å². The number of primary amides is 1. The molecule has 23 heteroatoms. The first-order chi connectivity index (χ1) is 34.6. The quantitative estimate of drug-likeness (QED) is 0.0157. The number of carbonyl (C=O) groups excluding carboxylic acids is 5. The second-order valence-corrected chi connectivity index (χ2v) is 16.5. The van der Waals surface area contributed by atoms with E-state index in [9.17, 15) is 37.0 Å². The zero-order valence-corrected chi connectivity index (χ0v) is 46.3. The van der Waals surface area contributed by atoms with Gasteiger partial charge in [0, 0.05) is 41.9 Å². The van der Waals surface area contributed by atoms with Gasteiger partial charge in [-0.05, 0) is 96.7 Å². The van der Waals surface area contributed by atoms with Crippen LogP contribution in [0.3, 0.4) is 0 Å². The number of pyridine rings is 1. The van der Waals surface area contributed by atoms with E-state index in [0.717, 1.165) is 53.6 Å². The molecule has 0 bridgehead atoms. The van der Waals surface area contributed by atoms with Crippen LogP contribution >= 0.6 is 12.3 Å². The summed E-state index contributed by atoms with van der Waals surface area (Å²) in [4.78, 5) is 72.1. The third kappa shape index (κ3) is 14.7. The van der Waals surface area contributed by atoms with Crippen molar-refractivity contribution in [2.45, 2.75) is 139 Å². The average Bonchev–Trinajstić information content (AvgIpc) is 3.76. The number of rotatable bonds is 16. The number of hydrogen-bond donors (Lipinski definition) is 6. The first-order valence-corrected chi connectivity index (χ1v) is 24.5. The number of carbonyl (C=O) groups is 4. The number of nitrogens with one attached hydrogen (secondary N) is 4. The summed E-state index contributed by atoms with van der Waals surface area (Å²) in [6.45, 7) is 19.0. The van der Waals surface area contributed by atoms with Gasteiger partial charge < -0.3 is 61.2 Å². The van der Waals surface area contributed by atoms with Crippen molar-refractivity contribution in [2.24, 2.45) is 27.0 Å². The molecule has 7 rings (SSSR count). The fraction of sp³-hybridized carbons (Fsp3) is 0.480. The Bertz CT molecular complexity index is 2580. The Kier molecular flexibility index (Phi) is 25.0. The molecule has 73 heavy (non-hydrogen) atoms. The summed E-state index contributed by atoms with van der Waals surface area (Å²) in [5, 5.41) is 14.4. The minimum Gasteiger partial charge on any atom is -0.520 e. The standard InChI is InChI=1S/C23H21FN2O4.C21H29FN7O6S.3C2H6.Fm/c1-10-11-4-3-5-12-14-8-26-18(20(14)25-17(19(11)12)7-16(10)24)6-13-15(22(26)27)9-30-23(28)21(13)29-2;1-12(2)18(25-11-30)20(32)27-13(3)19(31)28-16-5-4-14(9-35-21(23)33)15(6-16)8-34-10-17(29-24)7-26-36-22;3*1-2;/h6-7,20-21,25H,3-5,8-9H2,1-2H3;4-7,12-13,18H,8-10,24H2,1-3H3,(H2,23,33)(H,25,30)(H,27,32)(H,28,31);3*1-2H3;/q;-1;;;;/b;26-7+,29-17+;;;;/t;13-,18?;;;;/m.0..../s1. The molecule has 4 amide bonds. The SMILES string of the molecule is CC.CC.CC.CC(C)C(N[C-]=O)C(=O)N[C@@H](C)C(=O)Nc1ccc(COC(N)=O)c(COCC(/C=N/SF)=N/N)c1.COC1C(=O)OCc2c1cc1n(c2=O)CC2=C3CCCc4c(C)c(F)cc(c43)NC21.[Fm]. The molecule has 1 aromatic heterocycles. The Balaban J connectivity index is 0.000000451. The molecular weight excluding hydrogens is 1210 g/mol. The zero-order chi connectivity index (χ0) is 53.8. The van der Waals surface area contributed by atoms with E-state index in [-0.39, 0.29) is 67.8 Å². The van der Waals surface area contributed by atoms with Gasteiger partial charge in [0.05, 0.1) is 37.1 Å². The topological polar surface area (TPSA) is 269 Å². The maximum absolute atomic E-state index is 14.6. The number of amides is 4. The molecule has 4 aliphatic rings. The van der Waals surface area contributed by atoms with Crippen molar-refractivity contribution in [1.82, 2.24) is 15.2 Å². The van der Waals surface area contributed by atoms with E-state index in [1.807, 2.05) is 54.5 Å². The molecule has 4 heterocycles. The van der Waals surface area contributed by atoms with Crippen LogP contribution in [-0.4, -0.2) is 72.6 Å². The van der Waals surface area contributed by atoms with Gasteiger partial charge in [0.2, 0.25) is 11.8 Å². The first-order valence-electron chi connectivity index (χ1n) is 23.8. The molecule has 8 N–H and O–H groups in total. The third-order valence-corrected chi connectivity index (χ3v) is 11.9. The van der Waals surface area contributed by atoms with Crippen molar-refractivity contribution in [1.29, 1.82) is 0 Å². The van der Waals surface area contributed by atoms with Gasteiger partial charge in [-0.15, -0.1) is 3.89 Å². The second kappa shape index (κ2) is 29.6. The molecule has 0 spiro atoms. The molecule has 0 saturated carbocycles. The number of hydrogen-bond acceptors (Lipinski definition) is 15. The number of ether oxygens (including phenoxy) is 4. The number of benzene rings is 2. The fourth-order valence-electron chi connectivity index (χ4n) is 8.36. The normalized spacial score (nSPS) is 16.3. The first kappa shape index (κ1) is 61.5. The van der Waals surface area contributed by atoms with Crippen molar-refractivity contribution in [3.05, 3.63) is 96.7 Å². The van der Waals surface area contributed by atoms with Crippen LogP contribution in [0.2, 0.25) is 0 Å². The molecule has 1 aliphatic carbocycles. The number of hydrazone groups is 1. The van der Waals surface area contributed by atoms with Crippen LogP contribution in [0.15, 0.2) is 50.2 Å². The van der Waals surface area contributed by atoms with Crippen molar-refractivity contribution < 1.29 is 51.2 Å². The molecule has 3 unspecified atom stereocenters. The summed E-state index contributed by atoms with van der Waals surface area (Å²) in [7, 11) is 1.43. The number of aromatic nitrogens is 1. The van der Waals surface area contributed by atoms with E-state index in [4.69, 9.17) is 30.5 Å². The molecular formula is C50H68F2FmN9O10S-. The van der Waals surface area contributed by atoms with E-state index in [0.29, 0.717) is 40.0 Å². The largest absolute Gasteiger partial charge is 0.520 e. The van der Waals surface area contributed by atoms with Gasteiger partial charge in [-0.25, -0.2) is 14.0 Å². The molecule has 3 aromatic rings. The second-order valence-electron chi connectivity index (χ2n) is 16.1. The summed E-state index contributed by atoms with van der Waals surface area (Å²) >= 11 is -0.264. The van der Waals surface area contributed by atoms with Crippen LogP contribution in [0, 0.1) is 18.7 Å². The van der Waals surface area contributed by atoms with Crippen LogP contribution in [-0.2, 0) is 70.9 Å². The molecule has 4 atom stereocenters. The summed E-state index contributed by atoms with van der Waals surface area (Å²) in [6.07, 6.45) is 3.47. The number of methoxy groups -OCH3 is 1. The molecule has 0 saturated heterocycles. The Morgan fingerprint density at radius 2 is 1.73 bits per heavy atom. The van der Waals surface area contributed by atoms with Crippen LogP contribution < -0.4 is 38.4 Å². The summed E-state index contributed by atoms with van der Waals surface area (Å²) in [5.41, 5.74) is 14.4. The van der Waals surface area contributed by atoms with Crippen molar-refractivity contribution in [3.8, 4) is 0 Å². The number of nitrogens with two attached hydrogens (primary N) is 2. The zero-order valence-electron chi connectivity index (χ0n) is 43.0. The molecule has 19 nitrogen and oxygen atoms in total. The average molecular weight is 1280 g/mol. The molecule has 0 radical (unpaired) electrons. The van der Waals surface area contributed by atoms with E-state index >= 15 is 0 Å². The third-order valence-electron chi connectivity index (χ3n) is 11.7. The number of nitrogens with zero attached hydrogens (tertiary/aromatic N) is 3.